The van der Waals surface area contributed by atoms with Crippen LogP contribution in [0.5, 0.6) is 0 Å². The van der Waals surface area contributed by atoms with E-state index < -0.39 is 0 Å². The lowest BCUT2D eigenvalue weighted by molar-refractivity contribution is 1.13. The van der Waals surface area contributed by atoms with Crippen molar-refractivity contribution in [3.8, 4) is 11.8 Å². The summed E-state index contributed by atoms with van der Waals surface area (Å²) in [6.45, 7) is 2.54. The van der Waals surface area contributed by atoms with E-state index in [9.17, 15) is 0 Å². The fourth-order valence-corrected chi connectivity index (χ4v) is 1.24. The van der Waals surface area contributed by atoms with Crippen LogP contribution in [0.15, 0.2) is 24.3 Å². The molecule has 1 aromatic rings. The van der Waals surface area contributed by atoms with Gasteiger partial charge in [0, 0.05) is 14.1 Å². The van der Waals surface area contributed by atoms with Gasteiger partial charge in [-0.25, -0.2) is 0 Å². The van der Waals surface area contributed by atoms with E-state index in [4.69, 9.17) is 0 Å². The van der Waals surface area contributed by atoms with Crippen molar-refractivity contribution in [1.29, 1.82) is 0 Å². The fraction of sp³-hybridized carbons (Fsp3) is 0.333. The highest BCUT2D eigenvalue weighted by atomic mass is 15.1. The zero-order chi connectivity index (χ0) is 10.4. The molecular weight excluding hydrogens is 172 g/mol. The molecule has 0 radical (unpaired) electrons. The maximum Gasteiger partial charge on any atom is 0.0766 e. The van der Waals surface area contributed by atoms with E-state index in [1.807, 2.05) is 33.2 Å². The second-order valence-corrected chi connectivity index (χ2v) is 3.19. The molecule has 0 fully saturated rings. The van der Waals surface area contributed by atoms with Crippen LogP contribution < -0.4 is 10.2 Å². The molecule has 74 valence electrons. The Morgan fingerprint density at radius 3 is 2.64 bits per heavy atom. The van der Waals surface area contributed by atoms with Crippen LogP contribution in [0.2, 0.25) is 0 Å². The van der Waals surface area contributed by atoms with Crippen molar-refractivity contribution in [3.63, 3.8) is 0 Å². The first kappa shape index (κ1) is 10.5. The Morgan fingerprint density at radius 1 is 1.29 bits per heavy atom. The van der Waals surface area contributed by atoms with Crippen LogP contribution in [-0.2, 0) is 0 Å². The predicted molar refractivity (Wildman–Crippen MR) is 62.7 cm³/mol. The number of rotatable bonds is 3. The van der Waals surface area contributed by atoms with Gasteiger partial charge in [0.1, 0.15) is 0 Å². The number of nitrogens with zero attached hydrogens (tertiary/aromatic N) is 1. The maximum absolute atomic E-state index is 3.28. The first-order chi connectivity index (χ1) is 6.75. The van der Waals surface area contributed by atoms with Crippen molar-refractivity contribution in [3.05, 3.63) is 24.3 Å². The summed E-state index contributed by atoms with van der Waals surface area (Å²) < 4.78 is 0. The standard InChI is InChI=1S/C12H16N2/c1-4-5-10-13-11-8-6-7-9-12(11)14(2)3/h6-9,13H,10H2,1-3H3. The van der Waals surface area contributed by atoms with Gasteiger partial charge in [0.05, 0.1) is 17.9 Å². The molecule has 0 aliphatic heterocycles. The first-order valence-corrected chi connectivity index (χ1v) is 4.65. The third kappa shape index (κ3) is 2.70. The highest BCUT2D eigenvalue weighted by Crippen LogP contribution is 2.22. The van der Waals surface area contributed by atoms with Gasteiger partial charge in [0.25, 0.3) is 0 Å². The number of benzene rings is 1. The molecule has 0 aliphatic rings. The van der Waals surface area contributed by atoms with E-state index in [0.29, 0.717) is 6.54 Å². The summed E-state index contributed by atoms with van der Waals surface area (Å²) in [6.07, 6.45) is 0. The lowest BCUT2D eigenvalue weighted by Crippen LogP contribution is -2.12. The monoisotopic (exact) mass is 188 g/mol. The van der Waals surface area contributed by atoms with E-state index in [2.05, 4.69) is 34.2 Å². The van der Waals surface area contributed by atoms with E-state index in [1.54, 1.807) is 0 Å². The fourth-order valence-electron chi connectivity index (χ4n) is 1.24. The molecular formula is C12H16N2. The molecule has 0 heterocycles. The van der Waals surface area contributed by atoms with Crippen molar-refractivity contribution in [2.75, 3.05) is 30.9 Å². The number of hydrogen-bond acceptors (Lipinski definition) is 2. The Hall–Kier alpha value is -1.62. The van der Waals surface area contributed by atoms with Gasteiger partial charge in [-0.15, -0.1) is 5.92 Å². The summed E-state index contributed by atoms with van der Waals surface area (Å²) in [4.78, 5) is 2.09. The molecule has 0 amide bonds. The van der Waals surface area contributed by atoms with Crippen molar-refractivity contribution >= 4 is 11.4 Å². The zero-order valence-corrected chi connectivity index (χ0v) is 8.96. The summed E-state index contributed by atoms with van der Waals surface area (Å²) in [7, 11) is 4.07. The second kappa shape index (κ2) is 5.18. The van der Waals surface area contributed by atoms with Crippen molar-refractivity contribution < 1.29 is 0 Å². The molecule has 0 atom stereocenters. The molecule has 0 saturated heterocycles. The first-order valence-electron chi connectivity index (χ1n) is 4.65. The van der Waals surface area contributed by atoms with Gasteiger partial charge in [-0.2, -0.15) is 0 Å². The molecule has 1 N–H and O–H groups in total. The minimum atomic E-state index is 0.696. The third-order valence-corrected chi connectivity index (χ3v) is 1.93. The normalized spacial score (nSPS) is 8.79. The average molecular weight is 188 g/mol. The summed E-state index contributed by atoms with van der Waals surface area (Å²) in [5.74, 6) is 5.84. The predicted octanol–water partition coefficient (Wildman–Crippen LogP) is 2.19. The third-order valence-electron chi connectivity index (χ3n) is 1.93. The molecule has 2 nitrogen and oxygen atoms in total. The van der Waals surface area contributed by atoms with Crippen molar-refractivity contribution in [2.24, 2.45) is 0 Å². The van der Waals surface area contributed by atoms with Crippen LogP contribution in [0.1, 0.15) is 6.92 Å². The van der Waals surface area contributed by atoms with Gasteiger partial charge in [-0.1, -0.05) is 18.1 Å². The highest BCUT2D eigenvalue weighted by Gasteiger charge is 2.00. The Balaban J connectivity index is 2.77. The minimum Gasteiger partial charge on any atom is -0.376 e. The van der Waals surface area contributed by atoms with Crippen LogP contribution >= 0.6 is 0 Å². The SMILES string of the molecule is CC#CCNc1ccccc1N(C)C. The maximum atomic E-state index is 3.28. The smallest absolute Gasteiger partial charge is 0.0766 e. The number of anilines is 2. The lowest BCUT2D eigenvalue weighted by Gasteiger charge is -2.17. The molecule has 2 heteroatoms. The molecule has 0 aliphatic carbocycles. The zero-order valence-electron chi connectivity index (χ0n) is 8.96. The molecule has 0 aromatic heterocycles. The summed E-state index contributed by atoms with van der Waals surface area (Å²) in [6, 6.07) is 8.20. The minimum absolute atomic E-state index is 0.696. The van der Waals surface area contributed by atoms with Crippen LogP contribution in [-0.4, -0.2) is 20.6 Å². The molecule has 0 spiro atoms. The van der Waals surface area contributed by atoms with Gasteiger partial charge in [0.15, 0.2) is 0 Å². The Kier molecular flexibility index (Phi) is 3.87. The molecule has 1 aromatic carbocycles. The number of nitrogens with one attached hydrogen (secondary N) is 1. The van der Waals surface area contributed by atoms with Gasteiger partial charge in [-0.3, -0.25) is 0 Å². The molecule has 1 rings (SSSR count). The van der Waals surface area contributed by atoms with Crippen LogP contribution in [0.25, 0.3) is 0 Å². The number of hydrogen-bond donors (Lipinski definition) is 1. The Labute approximate surface area is 85.9 Å². The van der Waals surface area contributed by atoms with E-state index in [1.165, 1.54) is 5.69 Å². The lowest BCUT2D eigenvalue weighted by atomic mass is 10.2. The average Bonchev–Trinajstić information content (AvgIpc) is 2.19. The Bertz CT molecular complexity index is 345. The largest absolute Gasteiger partial charge is 0.376 e. The van der Waals surface area contributed by atoms with Gasteiger partial charge in [-0.05, 0) is 19.1 Å². The molecule has 14 heavy (non-hydrogen) atoms. The van der Waals surface area contributed by atoms with Crippen LogP contribution in [0, 0.1) is 11.8 Å². The molecule has 0 bridgehead atoms. The van der Waals surface area contributed by atoms with Crippen molar-refractivity contribution in [2.45, 2.75) is 6.92 Å². The molecule has 0 unspecified atom stereocenters. The van der Waals surface area contributed by atoms with E-state index in [0.717, 1.165) is 5.69 Å². The number of para-hydroxylation sites is 2. The van der Waals surface area contributed by atoms with Gasteiger partial charge in [0.2, 0.25) is 0 Å². The second-order valence-electron chi connectivity index (χ2n) is 3.19. The highest BCUT2D eigenvalue weighted by molar-refractivity contribution is 5.69. The van der Waals surface area contributed by atoms with E-state index in [-0.39, 0.29) is 0 Å². The van der Waals surface area contributed by atoms with Gasteiger partial charge >= 0.3 is 0 Å². The van der Waals surface area contributed by atoms with E-state index >= 15 is 0 Å². The topological polar surface area (TPSA) is 15.3 Å². The van der Waals surface area contributed by atoms with Crippen LogP contribution in [0.4, 0.5) is 11.4 Å². The summed E-state index contributed by atoms with van der Waals surface area (Å²) >= 11 is 0. The van der Waals surface area contributed by atoms with Crippen molar-refractivity contribution in [1.82, 2.24) is 0 Å². The summed E-state index contributed by atoms with van der Waals surface area (Å²) in [5, 5.41) is 3.28. The molecule has 0 saturated carbocycles. The summed E-state index contributed by atoms with van der Waals surface area (Å²) in [5.41, 5.74) is 2.31. The van der Waals surface area contributed by atoms with Crippen LogP contribution in [0.3, 0.4) is 0 Å². The Morgan fingerprint density at radius 2 is 2.00 bits per heavy atom. The van der Waals surface area contributed by atoms with Gasteiger partial charge < -0.3 is 10.2 Å². The quantitative estimate of drug-likeness (QED) is 0.731.